The van der Waals surface area contributed by atoms with Crippen molar-refractivity contribution in [3.05, 3.63) is 89.7 Å². The van der Waals surface area contributed by atoms with Crippen molar-refractivity contribution in [2.45, 2.75) is 51.6 Å². The molecule has 10 heteroatoms. The lowest BCUT2D eigenvalue weighted by Crippen LogP contribution is -2.52. The lowest BCUT2D eigenvalue weighted by molar-refractivity contribution is -0.140. The minimum absolute atomic E-state index is 0.0107. The quantitative estimate of drug-likeness (QED) is 0.308. The number of aryl methyl sites for hydroxylation is 1. The number of hydrogen-bond acceptors (Lipinski definition) is 5. The monoisotopic (exact) mass is 583 g/mol. The predicted molar refractivity (Wildman–Crippen MR) is 158 cm³/mol. The van der Waals surface area contributed by atoms with Gasteiger partial charge in [0.25, 0.3) is 10.0 Å². The van der Waals surface area contributed by atoms with E-state index in [1.807, 2.05) is 20.8 Å². The Morgan fingerprint density at radius 3 is 2.24 bits per heavy atom. The Morgan fingerprint density at radius 1 is 1.00 bits per heavy atom. The van der Waals surface area contributed by atoms with E-state index in [0.29, 0.717) is 24.3 Å². The van der Waals surface area contributed by atoms with E-state index in [4.69, 9.17) is 4.74 Å². The third kappa shape index (κ3) is 8.29. The van der Waals surface area contributed by atoms with E-state index in [0.717, 1.165) is 9.87 Å². The Balaban J connectivity index is 2.06. The lowest BCUT2D eigenvalue weighted by Gasteiger charge is -2.33. The SMILES string of the molecule is CC[C@@H](C(=O)NCC(C)C)N(Cc1ccc(F)cc1)C(=O)CN(c1cccc(OC)c1)S(=O)(=O)c1ccc(C)cc1. The number of sulfonamides is 1. The number of hydrogen-bond donors (Lipinski definition) is 1. The number of methoxy groups -OCH3 is 1. The Morgan fingerprint density at radius 2 is 1.66 bits per heavy atom. The van der Waals surface area contributed by atoms with Crippen LogP contribution in [0.1, 0.15) is 38.3 Å². The molecule has 0 saturated carbocycles. The zero-order chi connectivity index (χ0) is 30.2. The van der Waals surface area contributed by atoms with Gasteiger partial charge in [0.05, 0.1) is 17.7 Å². The summed E-state index contributed by atoms with van der Waals surface area (Å²) in [6, 6.07) is 17.6. The second-order valence-electron chi connectivity index (χ2n) is 10.2. The van der Waals surface area contributed by atoms with E-state index in [-0.39, 0.29) is 29.0 Å². The molecule has 3 aromatic carbocycles. The van der Waals surface area contributed by atoms with Gasteiger partial charge in [-0.05, 0) is 61.2 Å². The molecule has 0 heterocycles. The van der Waals surface area contributed by atoms with Crippen LogP contribution >= 0.6 is 0 Å². The van der Waals surface area contributed by atoms with Crippen molar-refractivity contribution in [2.24, 2.45) is 5.92 Å². The molecule has 0 fully saturated rings. The van der Waals surface area contributed by atoms with Gasteiger partial charge in [-0.1, -0.05) is 56.7 Å². The Labute approximate surface area is 242 Å². The first kappa shape index (κ1) is 31.6. The van der Waals surface area contributed by atoms with Gasteiger partial charge in [-0.3, -0.25) is 13.9 Å². The average molecular weight is 584 g/mol. The summed E-state index contributed by atoms with van der Waals surface area (Å²) in [6.45, 7) is 7.40. The topological polar surface area (TPSA) is 96.0 Å². The number of ether oxygens (including phenoxy) is 1. The van der Waals surface area contributed by atoms with Crippen LogP contribution in [0.4, 0.5) is 10.1 Å². The molecule has 0 aliphatic rings. The molecule has 8 nitrogen and oxygen atoms in total. The van der Waals surface area contributed by atoms with Crippen molar-refractivity contribution in [3.8, 4) is 5.75 Å². The van der Waals surface area contributed by atoms with Crippen molar-refractivity contribution < 1.29 is 27.1 Å². The molecule has 220 valence electrons. The van der Waals surface area contributed by atoms with Crippen LogP contribution in [0.2, 0.25) is 0 Å². The molecule has 0 saturated heterocycles. The highest BCUT2D eigenvalue weighted by Gasteiger charge is 2.33. The van der Waals surface area contributed by atoms with Gasteiger partial charge in [-0.25, -0.2) is 12.8 Å². The molecular formula is C31H38FN3O5S. The minimum atomic E-state index is -4.20. The molecule has 0 aliphatic carbocycles. The highest BCUT2D eigenvalue weighted by atomic mass is 32.2. The number of rotatable bonds is 13. The Hall–Kier alpha value is -3.92. The molecule has 0 spiro atoms. The molecule has 1 N–H and O–H groups in total. The number of carbonyl (C=O) groups excluding carboxylic acids is 2. The van der Waals surface area contributed by atoms with Crippen molar-refractivity contribution in [2.75, 3.05) is 24.5 Å². The van der Waals surface area contributed by atoms with Gasteiger partial charge in [0.2, 0.25) is 11.8 Å². The fourth-order valence-corrected chi connectivity index (χ4v) is 5.67. The van der Waals surface area contributed by atoms with Gasteiger partial charge in [0, 0.05) is 19.2 Å². The molecule has 3 aromatic rings. The third-order valence-corrected chi connectivity index (χ3v) is 8.35. The summed E-state index contributed by atoms with van der Waals surface area (Å²) in [7, 11) is -2.73. The zero-order valence-electron chi connectivity index (χ0n) is 24.1. The number of nitrogens with one attached hydrogen (secondary N) is 1. The van der Waals surface area contributed by atoms with E-state index >= 15 is 0 Å². The van der Waals surface area contributed by atoms with Crippen LogP contribution in [0, 0.1) is 18.7 Å². The molecule has 2 amide bonds. The van der Waals surface area contributed by atoms with Crippen molar-refractivity contribution in [3.63, 3.8) is 0 Å². The number of carbonyl (C=O) groups is 2. The zero-order valence-corrected chi connectivity index (χ0v) is 24.9. The molecule has 0 aliphatic heterocycles. The molecule has 41 heavy (non-hydrogen) atoms. The molecular weight excluding hydrogens is 545 g/mol. The molecule has 1 atom stereocenters. The van der Waals surface area contributed by atoms with E-state index < -0.39 is 34.3 Å². The maximum Gasteiger partial charge on any atom is 0.264 e. The van der Waals surface area contributed by atoms with E-state index in [1.54, 1.807) is 37.3 Å². The summed E-state index contributed by atoms with van der Waals surface area (Å²) in [5.41, 5.74) is 1.72. The number of nitrogens with zero attached hydrogens (tertiary/aromatic N) is 2. The van der Waals surface area contributed by atoms with Crippen LogP contribution in [0.3, 0.4) is 0 Å². The highest BCUT2D eigenvalue weighted by molar-refractivity contribution is 7.92. The smallest absolute Gasteiger partial charge is 0.264 e. The van der Waals surface area contributed by atoms with Crippen LogP contribution in [0.5, 0.6) is 5.75 Å². The van der Waals surface area contributed by atoms with Crippen LogP contribution < -0.4 is 14.4 Å². The summed E-state index contributed by atoms with van der Waals surface area (Å²) in [5.74, 6) is -0.741. The van der Waals surface area contributed by atoms with Gasteiger partial charge < -0.3 is 15.0 Å². The van der Waals surface area contributed by atoms with Crippen molar-refractivity contribution >= 4 is 27.5 Å². The van der Waals surface area contributed by atoms with E-state index in [2.05, 4.69) is 5.32 Å². The highest BCUT2D eigenvalue weighted by Crippen LogP contribution is 2.28. The first-order valence-electron chi connectivity index (χ1n) is 13.5. The van der Waals surface area contributed by atoms with Gasteiger partial charge in [0.1, 0.15) is 24.2 Å². The summed E-state index contributed by atoms with van der Waals surface area (Å²) in [6.07, 6.45) is 0.292. The number of halogens is 1. The number of amides is 2. The van der Waals surface area contributed by atoms with Gasteiger partial charge in [-0.2, -0.15) is 0 Å². The van der Waals surface area contributed by atoms with Crippen LogP contribution in [0.15, 0.2) is 77.7 Å². The van der Waals surface area contributed by atoms with Crippen LogP contribution in [-0.4, -0.2) is 51.4 Å². The summed E-state index contributed by atoms with van der Waals surface area (Å²) < 4.78 is 47.8. The molecule has 0 bridgehead atoms. The van der Waals surface area contributed by atoms with Crippen LogP contribution in [0.25, 0.3) is 0 Å². The second-order valence-corrected chi connectivity index (χ2v) is 12.1. The van der Waals surface area contributed by atoms with Crippen molar-refractivity contribution in [1.29, 1.82) is 0 Å². The van der Waals surface area contributed by atoms with Crippen LogP contribution in [-0.2, 0) is 26.2 Å². The standard InChI is InChI=1S/C31H38FN3O5S/c1-6-29(31(37)33-19-22(2)3)34(20-24-12-14-25(32)15-13-24)30(36)21-35(26-8-7-9-27(18-26)40-5)41(38,39)28-16-10-23(4)11-17-28/h7-18,22,29H,6,19-21H2,1-5H3,(H,33,37)/t29-/m0/s1. The summed E-state index contributed by atoms with van der Waals surface area (Å²) in [5, 5.41) is 2.88. The first-order chi connectivity index (χ1) is 19.5. The molecule has 0 aromatic heterocycles. The fraction of sp³-hybridized carbons (Fsp3) is 0.355. The normalized spacial score (nSPS) is 12.1. The van der Waals surface area contributed by atoms with Gasteiger partial charge in [0.15, 0.2) is 0 Å². The van der Waals surface area contributed by atoms with Gasteiger partial charge >= 0.3 is 0 Å². The molecule has 0 unspecified atom stereocenters. The first-order valence-corrected chi connectivity index (χ1v) is 14.9. The summed E-state index contributed by atoms with van der Waals surface area (Å²) in [4.78, 5) is 28.7. The fourth-order valence-electron chi connectivity index (χ4n) is 4.26. The average Bonchev–Trinajstić information content (AvgIpc) is 2.95. The minimum Gasteiger partial charge on any atom is -0.497 e. The third-order valence-electron chi connectivity index (χ3n) is 6.57. The number of benzene rings is 3. The molecule has 0 radical (unpaired) electrons. The summed E-state index contributed by atoms with van der Waals surface area (Å²) >= 11 is 0. The largest absolute Gasteiger partial charge is 0.497 e. The second kappa shape index (κ2) is 14.1. The van der Waals surface area contributed by atoms with Crippen molar-refractivity contribution in [1.82, 2.24) is 10.2 Å². The van der Waals surface area contributed by atoms with E-state index in [9.17, 15) is 22.4 Å². The lowest BCUT2D eigenvalue weighted by atomic mass is 10.1. The Bertz CT molecular complexity index is 1430. The predicted octanol–water partition coefficient (Wildman–Crippen LogP) is 4.92. The maximum atomic E-state index is 14.1. The van der Waals surface area contributed by atoms with E-state index in [1.165, 1.54) is 54.5 Å². The number of anilines is 1. The maximum absolute atomic E-state index is 14.1. The van der Waals surface area contributed by atoms with Gasteiger partial charge in [-0.15, -0.1) is 0 Å². The Kier molecular flexibility index (Phi) is 10.9. The molecule has 3 rings (SSSR count).